The Labute approximate surface area is 236 Å². The molecular formula is C29H24F6N4O3. The monoisotopic (exact) mass is 590 g/mol. The molecule has 0 N–H and O–H groups in total. The van der Waals surface area contributed by atoms with Crippen LogP contribution in [0.4, 0.5) is 36.8 Å². The van der Waals surface area contributed by atoms with Crippen LogP contribution in [-0.4, -0.2) is 51.3 Å². The van der Waals surface area contributed by atoms with Crippen molar-refractivity contribution in [3.05, 3.63) is 94.8 Å². The number of piperidine rings is 1. The molecule has 0 saturated carbocycles. The van der Waals surface area contributed by atoms with Gasteiger partial charge in [0.1, 0.15) is 5.54 Å². The number of anilines is 1. The Morgan fingerprint density at radius 1 is 0.905 bits per heavy atom. The molecule has 0 unspecified atom stereocenters. The van der Waals surface area contributed by atoms with Crippen LogP contribution in [-0.2, 0) is 23.7 Å². The number of nitrogens with zero attached hydrogens (tertiary/aromatic N) is 4. The van der Waals surface area contributed by atoms with Crippen LogP contribution >= 0.6 is 0 Å². The summed E-state index contributed by atoms with van der Waals surface area (Å²) in [6, 6.07) is 10.5. The summed E-state index contributed by atoms with van der Waals surface area (Å²) in [6.07, 6.45) is -7.30. The van der Waals surface area contributed by atoms with E-state index in [2.05, 4.69) is 4.98 Å². The number of aryl methyl sites for hydroxylation is 1. The lowest BCUT2D eigenvalue weighted by Crippen LogP contribution is -2.57. The first-order valence-corrected chi connectivity index (χ1v) is 12.9. The van der Waals surface area contributed by atoms with Crippen LogP contribution in [0.2, 0.25) is 0 Å². The van der Waals surface area contributed by atoms with Gasteiger partial charge in [-0.2, -0.15) is 26.3 Å². The average Bonchev–Trinajstić information content (AvgIpc) is 3.14. The fraction of sp³-hybridized carbons (Fsp3) is 0.310. The van der Waals surface area contributed by atoms with Crippen LogP contribution in [0.1, 0.15) is 45.5 Å². The number of aromatic nitrogens is 1. The van der Waals surface area contributed by atoms with E-state index in [4.69, 9.17) is 0 Å². The van der Waals surface area contributed by atoms with Gasteiger partial charge in [-0.05, 0) is 61.2 Å². The molecule has 5 rings (SSSR count). The van der Waals surface area contributed by atoms with Crippen LogP contribution < -0.4 is 4.90 Å². The first-order chi connectivity index (χ1) is 19.7. The molecule has 2 saturated heterocycles. The second-order valence-corrected chi connectivity index (χ2v) is 10.3. The smallest absolute Gasteiger partial charge is 0.338 e. The summed E-state index contributed by atoms with van der Waals surface area (Å²) in [5.74, 6) is -1.54. The van der Waals surface area contributed by atoms with Gasteiger partial charge >= 0.3 is 18.4 Å². The molecule has 220 valence electrons. The molecule has 2 aromatic carbocycles. The SMILES string of the molecule is Cc1ccccc1N1C(=O)N(Cc2cccnc2)C(=O)C12CCN(C(=O)c1cc(C(F)(F)F)cc(C(F)(F)F)c1)CC2. The van der Waals surface area contributed by atoms with Gasteiger partial charge in [0.2, 0.25) is 0 Å². The molecule has 2 fully saturated rings. The quantitative estimate of drug-likeness (QED) is 0.273. The third kappa shape index (κ3) is 5.19. The van der Waals surface area contributed by atoms with Gasteiger partial charge in [-0.3, -0.25) is 24.4 Å². The van der Waals surface area contributed by atoms with Crippen molar-refractivity contribution in [3.63, 3.8) is 0 Å². The zero-order valence-electron chi connectivity index (χ0n) is 22.2. The number of imide groups is 1. The van der Waals surface area contributed by atoms with Crippen molar-refractivity contribution in [2.24, 2.45) is 0 Å². The molecular weight excluding hydrogens is 566 g/mol. The molecule has 0 radical (unpaired) electrons. The predicted octanol–water partition coefficient (Wildman–Crippen LogP) is 6.07. The van der Waals surface area contributed by atoms with Crippen molar-refractivity contribution in [3.8, 4) is 0 Å². The predicted molar refractivity (Wildman–Crippen MR) is 138 cm³/mol. The van der Waals surface area contributed by atoms with Crippen molar-refractivity contribution in [1.82, 2.24) is 14.8 Å². The van der Waals surface area contributed by atoms with E-state index in [1.54, 1.807) is 49.5 Å². The molecule has 2 aliphatic rings. The first-order valence-electron chi connectivity index (χ1n) is 12.9. The number of benzene rings is 2. The highest BCUT2D eigenvalue weighted by atomic mass is 19.4. The van der Waals surface area contributed by atoms with E-state index in [0.29, 0.717) is 28.9 Å². The number of carbonyl (C=O) groups is 3. The lowest BCUT2D eigenvalue weighted by atomic mass is 9.84. The van der Waals surface area contributed by atoms with Crippen molar-refractivity contribution < 1.29 is 40.7 Å². The minimum Gasteiger partial charge on any atom is -0.338 e. The number of amides is 4. The summed E-state index contributed by atoms with van der Waals surface area (Å²) in [5, 5.41) is 0. The number of halogens is 6. The van der Waals surface area contributed by atoms with Crippen LogP contribution in [0.5, 0.6) is 0 Å². The number of pyridine rings is 1. The molecule has 3 heterocycles. The number of carbonyl (C=O) groups excluding carboxylic acids is 3. The number of hydrogen-bond acceptors (Lipinski definition) is 4. The highest BCUT2D eigenvalue weighted by Gasteiger charge is 2.59. The maximum Gasteiger partial charge on any atom is 0.416 e. The molecule has 2 aliphatic heterocycles. The summed E-state index contributed by atoms with van der Waals surface area (Å²) >= 11 is 0. The normalized spacial score (nSPS) is 17.4. The van der Waals surface area contributed by atoms with Crippen LogP contribution in [0.15, 0.2) is 67.0 Å². The summed E-state index contributed by atoms with van der Waals surface area (Å²) < 4.78 is 80.3. The van der Waals surface area contributed by atoms with E-state index in [1.807, 2.05) is 0 Å². The Hall–Kier alpha value is -4.42. The van der Waals surface area contributed by atoms with Crippen molar-refractivity contribution in [2.45, 2.75) is 44.2 Å². The van der Waals surface area contributed by atoms with Crippen molar-refractivity contribution in [1.29, 1.82) is 0 Å². The maximum atomic E-state index is 13.9. The third-order valence-electron chi connectivity index (χ3n) is 7.63. The molecule has 42 heavy (non-hydrogen) atoms. The highest BCUT2D eigenvalue weighted by Crippen LogP contribution is 2.43. The lowest BCUT2D eigenvalue weighted by Gasteiger charge is -2.42. The fourth-order valence-electron chi connectivity index (χ4n) is 5.48. The van der Waals surface area contributed by atoms with E-state index in [-0.39, 0.29) is 38.5 Å². The molecule has 1 aromatic heterocycles. The standard InChI is InChI=1S/C29H24F6N4O3/c1-18-5-2-3-7-23(18)39-26(42)38(17-19-6-4-10-36-16-19)25(41)27(39)8-11-37(12-9-27)24(40)20-13-21(28(30,31)32)15-22(14-20)29(33,34)35/h2-7,10,13-16H,8-9,11-12,17H2,1H3. The van der Waals surface area contributed by atoms with Gasteiger partial charge in [0.05, 0.1) is 17.7 Å². The zero-order chi connectivity index (χ0) is 30.4. The Bertz CT molecular complexity index is 1500. The second kappa shape index (κ2) is 10.4. The summed E-state index contributed by atoms with van der Waals surface area (Å²) in [6.45, 7) is 1.36. The van der Waals surface area contributed by atoms with Gasteiger partial charge in [-0.1, -0.05) is 24.3 Å². The number of alkyl halides is 6. The second-order valence-electron chi connectivity index (χ2n) is 10.3. The number of urea groups is 1. The molecule has 0 aliphatic carbocycles. The van der Waals surface area contributed by atoms with Gasteiger partial charge in [0, 0.05) is 36.7 Å². The molecule has 7 nitrogen and oxygen atoms in total. The summed E-state index contributed by atoms with van der Waals surface area (Å²) in [5.41, 5.74) is -3.56. The molecule has 0 atom stereocenters. The Balaban J connectivity index is 1.47. The average molecular weight is 591 g/mol. The highest BCUT2D eigenvalue weighted by molar-refractivity contribution is 6.17. The van der Waals surface area contributed by atoms with E-state index in [0.717, 1.165) is 9.80 Å². The Kier molecular flexibility index (Phi) is 7.23. The van der Waals surface area contributed by atoms with Gasteiger partial charge in [-0.25, -0.2) is 4.79 Å². The van der Waals surface area contributed by atoms with Gasteiger partial charge in [-0.15, -0.1) is 0 Å². The Morgan fingerprint density at radius 2 is 1.52 bits per heavy atom. The van der Waals surface area contributed by atoms with Gasteiger partial charge in [0.25, 0.3) is 11.8 Å². The van der Waals surface area contributed by atoms with Crippen LogP contribution in [0.25, 0.3) is 0 Å². The number of rotatable bonds is 4. The van der Waals surface area contributed by atoms with Crippen molar-refractivity contribution >= 4 is 23.5 Å². The van der Waals surface area contributed by atoms with Crippen LogP contribution in [0.3, 0.4) is 0 Å². The van der Waals surface area contributed by atoms with E-state index in [1.165, 1.54) is 11.1 Å². The van der Waals surface area contributed by atoms with E-state index in [9.17, 15) is 40.7 Å². The van der Waals surface area contributed by atoms with Gasteiger partial charge in [0.15, 0.2) is 0 Å². The molecule has 1 spiro atoms. The minimum absolute atomic E-state index is 0.0400. The summed E-state index contributed by atoms with van der Waals surface area (Å²) in [4.78, 5) is 48.6. The zero-order valence-corrected chi connectivity index (χ0v) is 22.2. The van der Waals surface area contributed by atoms with E-state index >= 15 is 0 Å². The van der Waals surface area contributed by atoms with Crippen LogP contribution in [0, 0.1) is 6.92 Å². The van der Waals surface area contributed by atoms with E-state index < -0.39 is 52.4 Å². The molecule has 13 heteroatoms. The van der Waals surface area contributed by atoms with Crippen molar-refractivity contribution in [2.75, 3.05) is 18.0 Å². The molecule has 0 bridgehead atoms. The number of likely N-dealkylation sites (tertiary alicyclic amines) is 1. The summed E-state index contributed by atoms with van der Waals surface area (Å²) in [7, 11) is 0. The minimum atomic E-state index is -5.11. The Morgan fingerprint density at radius 3 is 2.07 bits per heavy atom. The fourth-order valence-corrected chi connectivity index (χ4v) is 5.48. The third-order valence-corrected chi connectivity index (χ3v) is 7.63. The maximum absolute atomic E-state index is 13.9. The molecule has 4 amide bonds. The largest absolute Gasteiger partial charge is 0.416 e. The number of para-hydroxylation sites is 1. The molecule has 3 aromatic rings. The van der Waals surface area contributed by atoms with Gasteiger partial charge < -0.3 is 4.90 Å². The lowest BCUT2D eigenvalue weighted by molar-refractivity contribution is -0.143. The number of hydrogen-bond donors (Lipinski definition) is 0. The topological polar surface area (TPSA) is 73.8 Å². The first kappa shape index (κ1) is 29.1.